The number of aryl methyl sites for hydroxylation is 1. The van der Waals surface area contributed by atoms with Gasteiger partial charge in [-0.3, -0.25) is 9.78 Å². The van der Waals surface area contributed by atoms with E-state index in [2.05, 4.69) is 20.2 Å². The average Bonchev–Trinajstić information content (AvgIpc) is 3.39. The van der Waals surface area contributed by atoms with Crippen molar-refractivity contribution in [3.8, 4) is 34.3 Å². The molecular formula is C20H19N5O2S. The summed E-state index contributed by atoms with van der Waals surface area (Å²) < 4.78 is 5.79. The molecule has 0 saturated carbocycles. The third kappa shape index (κ3) is 3.41. The highest BCUT2D eigenvalue weighted by Crippen LogP contribution is 2.27. The number of thiophene rings is 1. The van der Waals surface area contributed by atoms with E-state index in [9.17, 15) is 4.79 Å². The molecule has 7 nitrogen and oxygen atoms in total. The van der Waals surface area contributed by atoms with Crippen molar-refractivity contribution >= 4 is 17.2 Å². The van der Waals surface area contributed by atoms with Gasteiger partial charge >= 0.3 is 0 Å². The van der Waals surface area contributed by atoms with Crippen molar-refractivity contribution in [1.82, 2.24) is 25.1 Å². The highest BCUT2D eigenvalue weighted by atomic mass is 32.1. The Hall–Kier alpha value is -3.39. The molecule has 0 atom stereocenters. The zero-order valence-electron chi connectivity index (χ0n) is 15.6. The first-order valence-electron chi connectivity index (χ1n) is 8.55. The van der Waals surface area contributed by atoms with Crippen LogP contribution in [0.4, 0.5) is 0 Å². The molecule has 0 bridgehead atoms. The van der Waals surface area contributed by atoms with Gasteiger partial charge in [-0.15, -0.1) is 10.2 Å². The number of rotatable bonds is 4. The van der Waals surface area contributed by atoms with E-state index in [0.717, 1.165) is 11.1 Å². The smallest absolute Gasteiger partial charge is 0.268 e. The standard InChI is InChI=1S/C20H17N5O2S.H2/c1-12-17(19-24-23-18(27-19)15-8-9-28-11-15)22-16(10-21-12)13-4-6-14(7-5-13)20(26)25(2)3;/h4-11H,1-3H3;1H. The largest absolute Gasteiger partial charge is 0.415 e. The van der Waals surface area contributed by atoms with E-state index >= 15 is 0 Å². The molecule has 0 aliphatic heterocycles. The zero-order chi connectivity index (χ0) is 19.7. The SMILES string of the molecule is Cc1ncc(-c2ccc(C(=O)N(C)C)cc2)nc1-c1nnc(-c2ccsc2)o1.[HH]. The molecule has 0 spiro atoms. The molecule has 0 saturated heterocycles. The minimum absolute atomic E-state index is 0. The molecule has 142 valence electrons. The van der Waals surface area contributed by atoms with Crippen LogP contribution < -0.4 is 0 Å². The van der Waals surface area contributed by atoms with Crippen LogP contribution in [0.5, 0.6) is 0 Å². The number of carbonyl (C=O) groups is 1. The minimum Gasteiger partial charge on any atom is -0.415 e. The topological polar surface area (TPSA) is 85.0 Å². The Kier molecular flexibility index (Phi) is 4.70. The van der Waals surface area contributed by atoms with Gasteiger partial charge in [-0.1, -0.05) is 12.1 Å². The van der Waals surface area contributed by atoms with E-state index in [4.69, 9.17) is 4.42 Å². The van der Waals surface area contributed by atoms with Gasteiger partial charge in [-0.2, -0.15) is 11.3 Å². The third-order valence-electron chi connectivity index (χ3n) is 4.18. The Labute approximate surface area is 167 Å². The van der Waals surface area contributed by atoms with Crippen molar-refractivity contribution in [3.63, 3.8) is 0 Å². The summed E-state index contributed by atoms with van der Waals surface area (Å²) in [6.07, 6.45) is 1.69. The molecule has 28 heavy (non-hydrogen) atoms. The number of aromatic nitrogens is 4. The molecular weight excluding hydrogens is 374 g/mol. The lowest BCUT2D eigenvalue weighted by molar-refractivity contribution is 0.0827. The van der Waals surface area contributed by atoms with Crippen molar-refractivity contribution in [2.24, 2.45) is 0 Å². The molecule has 0 aliphatic rings. The summed E-state index contributed by atoms with van der Waals surface area (Å²) in [5, 5.41) is 12.1. The highest BCUT2D eigenvalue weighted by molar-refractivity contribution is 7.08. The van der Waals surface area contributed by atoms with E-state index in [-0.39, 0.29) is 7.33 Å². The molecule has 1 amide bonds. The fourth-order valence-corrected chi connectivity index (χ4v) is 3.28. The second kappa shape index (κ2) is 7.32. The van der Waals surface area contributed by atoms with Crippen LogP contribution in [-0.2, 0) is 0 Å². The van der Waals surface area contributed by atoms with Crippen LogP contribution in [0.1, 0.15) is 17.5 Å². The summed E-state index contributed by atoms with van der Waals surface area (Å²) in [5.41, 5.74) is 4.25. The lowest BCUT2D eigenvalue weighted by Crippen LogP contribution is -2.21. The Balaban J connectivity index is 0.00000240. The minimum atomic E-state index is -0.0472. The van der Waals surface area contributed by atoms with Crippen molar-refractivity contribution in [3.05, 3.63) is 58.5 Å². The van der Waals surface area contributed by atoms with Gasteiger partial charge in [0.25, 0.3) is 11.8 Å². The molecule has 0 fully saturated rings. The fourth-order valence-electron chi connectivity index (χ4n) is 2.65. The summed E-state index contributed by atoms with van der Waals surface area (Å²) in [7, 11) is 3.45. The van der Waals surface area contributed by atoms with Gasteiger partial charge in [0.1, 0.15) is 5.69 Å². The Morgan fingerprint density at radius 3 is 2.50 bits per heavy atom. The van der Waals surface area contributed by atoms with Gasteiger partial charge in [0.2, 0.25) is 5.89 Å². The second-order valence-electron chi connectivity index (χ2n) is 6.39. The van der Waals surface area contributed by atoms with Gasteiger partial charge in [0.05, 0.1) is 17.6 Å². The van der Waals surface area contributed by atoms with Crippen LogP contribution >= 0.6 is 11.3 Å². The molecule has 0 radical (unpaired) electrons. The first-order chi connectivity index (χ1) is 13.5. The zero-order valence-corrected chi connectivity index (χ0v) is 16.4. The fraction of sp³-hybridized carbons (Fsp3) is 0.150. The van der Waals surface area contributed by atoms with Crippen LogP contribution in [-0.4, -0.2) is 45.1 Å². The molecule has 0 aliphatic carbocycles. The van der Waals surface area contributed by atoms with E-state index in [1.54, 1.807) is 48.7 Å². The van der Waals surface area contributed by atoms with Crippen molar-refractivity contribution < 1.29 is 10.6 Å². The van der Waals surface area contributed by atoms with E-state index in [1.165, 1.54) is 0 Å². The van der Waals surface area contributed by atoms with Crippen molar-refractivity contribution in [2.75, 3.05) is 14.1 Å². The van der Waals surface area contributed by atoms with Crippen LogP contribution in [0.3, 0.4) is 0 Å². The van der Waals surface area contributed by atoms with Gasteiger partial charge in [-0.25, -0.2) is 4.98 Å². The summed E-state index contributed by atoms with van der Waals surface area (Å²) in [5.74, 6) is 0.732. The molecule has 3 aromatic heterocycles. The highest BCUT2D eigenvalue weighted by Gasteiger charge is 2.16. The molecule has 0 unspecified atom stereocenters. The normalized spacial score (nSPS) is 10.8. The Bertz CT molecular complexity index is 1120. The number of amides is 1. The Morgan fingerprint density at radius 1 is 1.07 bits per heavy atom. The molecule has 4 rings (SSSR count). The molecule has 4 aromatic rings. The number of hydrogen-bond donors (Lipinski definition) is 0. The van der Waals surface area contributed by atoms with Crippen LogP contribution in [0.15, 0.2) is 51.7 Å². The number of benzene rings is 1. The number of hydrogen-bond acceptors (Lipinski definition) is 7. The van der Waals surface area contributed by atoms with Crippen molar-refractivity contribution in [2.45, 2.75) is 6.92 Å². The maximum absolute atomic E-state index is 12.0. The lowest BCUT2D eigenvalue weighted by atomic mass is 10.1. The number of nitrogens with zero attached hydrogens (tertiary/aromatic N) is 5. The lowest BCUT2D eigenvalue weighted by Gasteiger charge is -2.10. The van der Waals surface area contributed by atoms with E-state index in [0.29, 0.717) is 34.4 Å². The second-order valence-corrected chi connectivity index (χ2v) is 7.17. The summed E-state index contributed by atoms with van der Waals surface area (Å²) in [6, 6.07) is 9.18. The van der Waals surface area contributed by atoms with E-state index < -0.39 is 0 Å². The average molecular weight is 393 g/mol. The quantitative estimate of drug-likeness (QED) is 0.517. The third-order valence-corrected chi connectivity index (χ3v) is 4.87. The molecule has 3 heterocycles. The van der Waals surface area contributed by atoms with Gasteiger partial charge < -0.3 is 9.32 Å². The Morgan fingerprint density at radius 2 is 1.82 bits per heavy atom. The first kappa shape index (κ1) is 18.0. The van der Waals surface area contributed by atoms with Gasteiger partial charge in [-0.05, 0) is 30.5 Å². The van der Waals surface area contributed by atoms with Crippen LogP contribution in [0.2, 0.25) is 0 Å². The molecule has 8 heteroatoms. The maximum Gasteiger partial charge on any atom is 0.268 e. The predicted octanol–water partition coefficient (Wildman–Crippen LogP) is 4.18. The summed E-state index contributed by atoms with van der Waals surface area (Å²) in [4.78, 5) is 22.7. The summed E-state index contributed by atoms with van der Waals surface area (Å²) in [6.45, 7) is 1.85. The first-order valence-corrected chi connectivity index (χ1v) is 9.49. The summed E-state index contributed by atoms with van der Waals surface area (Å²) >= 11 is 1.56. The molecule has 0 N–H and O–H groups in total. The van der Waals surface area contributed by atoms with Crippen molar-refractivity contribution in [1.29, 1.82) is 0 Å². The van der Waals surface area contributed by atoms with Gasteiger partial charge in [0.15, 0.2) is 0 Å². The van der Waals surface area contributed by atoms with Crippen LogP contribution in [0.25, 0.3) is 34.3 Å². The monoisotopic (exact) mass is 393 g/mol. The predicted molar refractivity (Wildman–Crippen MR) is 109 cm³/mol. The number of carbonyl (C=O) groups excluding carboxylic acids is 1. The maximum atomic E-state index is 12.0. The molecule has 1 aromatic carbocycles. The van der Waals surface area contributed by atoms with Crippen LogP contribution in [0, 0.1) is 6.92 Å². The van der Waals surface area contributed by atoms with E-state index in [1.807, 2.05) is 35.9 Å². The van der Waals surface area contributed by atoms with Gasteiger partial charge in [0, 0.05) is 37.6 Å².